The predicted octanol–water partition coefficient (Wildman–Crippen LogP) is 6.92. The molecule has 148 valence electrons. The fraction of sp³-hybridized carbons (Fsp3) is 0. The normalized spacial score (nSPS) is 13.4. The number of halogens is 1. The molecule has 0 aliphatic heterocycles. The van der Waals surface area contributed by atoms with Gasteiger partial charge >= 0.3 is 0 Å². The van der Waals surface area contributed by atoms with Crippen LogP contribution in [0.15, 0.2) is 82.8 Å². The van der Waals surface area contributed by atoms with Crippen molar-refractivity contribution < 1.29 is 18.4 Å². The lowest BCUT2D eigenvalue weighted by Crippen LogP contribution is -1.99. The maximum atomic E-state index is 13.2. The van der Waals surface area contributed by atoms with E-state index in [-0.39, 0.29) is 23.0 Å². The highest BCUT2D eigenvalue weighted by atomic mass is 32.1. The third kappa shape index (κ3) is 2.86. The van der Waals surface area contributed by atoms with E-state index in [0.717, 1.165) is 25.9 Å². The second kappa shape index (κ2) is 6.59. The van der Waals surface area contributed by atoms with E-state index in [9.17, 15) is 14.0 Å². The second-order valence-electron chi connectivity index (χ2n) is 7.46. The van der Waals surface area contributed by atoms with Gasteiger partial charge in [-0.3, -0.25) is 9.59 Å². The first-order valence-electron chi connectivity index (χ1n) is 9.70. The molecule has 0 N–H and O–H groups in total. The van der Waals surface area contributed by atoms with E-state index in [2.05, 4.69) is 0 Å². The molecule has 0 saturated heterocycles. The van der Waals surface area contributed by atoms with E-state index in [1.165, 1.54) is 29.5 Å². The van der Waals surface area contributed by atoms with Crippen LogP contribution in [0.1, 0.15) is 26.5 Å². The summed E-state index contributed by atoms with van der Waals surface area (Å²) in [5.74, 6) is -0.381. The van der Waals surface area contributed by atoms with Crippen molar-refractivity contribution >= 4 is 50.0 Å². The lowest BCUT2D eigenvalue weighted by atomic mass is 10.0. The van der Waals surface area contributed by atoms with Gasteiger partial charge in [-0.15, -0.1) is 11.3 Å². The van der Waals surface area contributed by atoms with Crippen LogP contribution in [0, 0.1) is 5.82 Å². The van der Waals surface area contributed by atoms with E-state index in [1.54, 1.807) is 24.3 Å². The van der Waals surface area contributed by atoms with Crippen molar-refractivity contribution in [2.24, 2.45) is 0 Å². The Morgan fingerprint density at radius 1 is 0.806 bits per heavy atom. The van der Waals surface area contributed by atoms with E-state index < -0.39 is 0 Å². The molecule has 1 aliphatic carbocycles. The fourth-order valence-electron chi connectivity index (χ4n) is 3.96. The first-order chi connectivity index (χ1) is 15.1. The van der Waals surface area contributed by atoms with E-state index in [4.69, 9.17) is 4.42 Å². The number of furan rings is 1. The summed E-state index contributed by atoms with van der Waals surface area (Å²) in [5.41, 5.74) is 2.55. The smallest absolute Gasteiger partial charge is 0.197 e. The maximum absolute atomic E-state index is 13.2. The molecule has 5 aromatic rings. The second-order valence-corrected chi connectivity index (χ2v) is 8.54. The summed E-state index contributed by atoms with van der Waals surface area (Å²) in [6.07, 6.45) is 1.53. The molecular formula is C26H13FO3S. The van der Waals surface area contributed by atoms with Crippen molar-refractivity contribution in [1.82, 2.24) is 0 Å². The molecule has 2 aromatic heterocycles. The molecule has 6 rings (SSSR count). The number of hydrogen-bond acceptors (Lipinski definition) is 4. The molecule has 3 nitrogen and oxygen atoms in total. The topological polar surface area (TPSA) is 47.3 Å². The average Bonchev–Trinajstić information content (AvgIpc) is 3.40. The molecule has 0 fully saturated rings. The Labute approximate surface area is 180 Å². The van der Waals surface area contributed by atoms with Crippen molar-refractivity contribution in [2.75, 3.05) is 0 Å². The number of rotatable bonds is 2. The average molecular weight is 424 g/mol. The third-order valence-electron chi connectivity index (χ3n) is 5.51. The summed E-state index contributed by atoms with van der Waals surface area (Å²) in [6, 6.07) is 21.2. The zero-order valence-electron chi connectivity index (χ0n) is 16.0. The summed E-state index contributed by atoms with van der Waals surface area (Å²) >= 11 is 1.51. The lowest BCUT2D eigenvalue weighted by Gasteiger charge is -2.00. The van der Waals surface area contributed by atoms with Gasteiger partial charge in [-0.25, -0.2) is 4.39 Å². The number of hydrogen-bond donors (Lipinski definition) is 0. The Balaban J connectivity index is 1.38. The molecule has 0 atom stereocenters. The van der Waals surface area contributed by atoms with Crippen LogP contribution >= 0.6 is 11.3 Å². The van der Waals surface area contributed by atoms with Gasteiger partial charge in [0.25, 0.3) is 0 Å². The van der Waals surface area contributed by atoms with Gasteiger partial charge in [0.05, 0.1) is 10.3 Å². The largest absolute Gasteiger partial charge is 0.456 e. The highest BCUT2D eigenvalue weighted by Crippen LogP contribution is 2.37. The monoisotopic (exact) mass is 424 g/mol. The molecule has 5 heteroatoms. The van der Waals surface area contributed by atoms with Gasteiger partial charge in [-0.1, -0.05) is 36.4 Å². The first-order valence-corrected chi connectivity index (χ1v) is 10.5. The van der Waals surface area contributed by atoms with E-state index in [0.29, 0.717) is 22.5 Å². The summed E-state index contributed by atoms with van der Waals surface area (Å²) in [4.78, 5) is 26.8. The number of ketones is 2. The summed E-state index contributed by atoms with van der Waals surface area (Å²) in [6.45, 7) is 0. The Morgan fingerprint density at radius 2 is 1.45 bits per heavy atom. The zero-order valence-corrected chi connectivity index (χ0v) is 16.8. The molecule has 2 heterocycles. The highest BCUT2D eigenvalue weighted by Gasteiger charge is 2.33. The number of carbonyl (C=O) groups excluding carboxylic acids is 2. The van der Waals surface area contributed by atoms with Crippen LogP contribution in [0.3, 0.4) is 0 Å². The van der Waals surface area contributed by atoms with Gasteiger partial charge in [-0.2, -0.15) is 0 Å². The minimum atomic E-state index is -0.280. The van der Waals surface area contributed by atoms with E-state index >= 15 is 0 Å². The standard InChI is InChI=1S/C26H13FO3S/c27-17-7-5-14(6-8-17)23-13-22-24(31-23)12-18(30-22)11-21-25(28)19-9-15-3-1-2-4-16(15)10-20(19)26(21)29/h1-13H. The molecule has 3 aromatic carbocycles. The Morgan fingerprint density at radius 3 is 2.06 bits per heavy atom. The van der Waals surface area contributed by atoms with Crippen LogP contribution in [-0.2, 0) is 0 Å². The maximum Gasteiger partial charge on any atom is 0.197 e. The number of Topliss-reactive ketones (excluding diaryl/α,β-unsaturated/α-hetero) is 2. The predicted molar refractivity (Wildman–Crippen MR) is 120 cm³/mol. The quantitative estimate of drug-likeness (QED) is 0.228. The fourth-order valence-corrected chi connectivity index (χ4v) is 5.00. The summed E-state index contributed by atoms with van der Waals surface area (Å²) in [5, 5.41) is 1.85. The Bertz CT molecular complexity index is 1480. The highest BCUT2D eigenvalue weighted by molar-refractivity contribution is 7.22. The van der Waals surface area contributed by atoms with Crippen molar-refractivity contribution in [3.05, 3.63) is 101 Å². The Hall–Kier alpha value is -3.83. The molecule has 1 aliphatic rings. The minimum absolute atomic E-state index is 0.116. The van der Waals surface area contributed by atoms with Crippen LogP contribution < -0.4 is 0 Å². The SMILES string of the molecule is O=C1C(=Cc2cc3sc(-c4ccc(F)cc4)cc3o2)C(=O)c2cc3ccccc3cc21. The molecular weight excluding hydrogens is 411 g/mol. The van der Waals surface area contributed by atoms with Gasteiger partial charge in [0, 0.05) is 28.1 Å². The molecule has 0 radical (unpaired) electrons. The van der Waals surface area contributed by atoms with Crippen molar-refractivity contribution in [1.29, 1.82) is 0 Å². The lowest BCUT2D eigenvalue weighted by molar-refractivity contribution is 0.0990. The number of fused-ring (bicyclic) bond motifs is 3. The summed E-state index contributed by atoms with van der Waals surface area (Å²) in [7, 11) is 0. The van der Waals surface area contributed by atoms with Crippen molar-refractivity contribution in [3.63, 3.8) is 0 Å². The van der Waals surface area contributed by atoms with Gasteiger partial charge in [0.2, 0.25) is 0 Å². The summed E-state index contributed by atoms with van der Waals surface area (Å²) < 4.78 is 19.9. The molecule has 0 bridgehead atoms. The van der Waals surface area contributed by atoms with E-state index in [1.807, 2.05) is 36.4 Å². The third-order valence-corrected chi connectivity index (χ3v) is 6.62. The number of benzene rings is 3. The zero-order chi connectivity index (χ0) is 21.1. The number of thiophene rings is 1. The molecule has 0 amide bonds. The number of allylic oxidation sites excluding steroid dienone is 1. The van der Waals surface area contributed by atoms with Gasteiger partial charge < -0.3 is 4.42 Å². The van der Waals surface area contributed by atoms with Crippen molar-refractivity contribution in [3.8, 4) is 10.4 Å². The number of carbonyl (C=O) groups is 2. The van der Waals surface area contributed by atoms with Crippen LogP contribution in [0.2, 0.25) is 0 Å². The van der Waals surface area contributed by atoms with Crippen molar-refractivity contribution in [2.45, 2.75) is 0 Å². The van der Waals surface area contributed by atoms with Gasteiger partial charge in [0.15, 0.2) is 11.6 Å². The molecule has 0 spiro atoms. The van der Waals surface area contributed by atoms with Crippen LogP contribution in [0.25, 0.3) is 37.6 Å². The van der Waals surface area contributed by atoms with Crippen LogP contribution in [0.5, 0.6) is 0 Å². The molecule has 0 saturated carbocycles. The van der Waals surface area contributed by atoms with Crippen LogP contribution in [0.4, 0.5) is 4.39 Å². The Kier molecular flexibility index (Phi) is 3.82. The van der Waals surface area contributed by atoms with Gasteiger partial charge in [-0.05, 0) is 46.7 Å². The molecule has 31 heavy (non-hydrogen) atoms. The first kappa shape index (κ1) is 18.0. The van der Waals surface area contributed by atoms with Crippen LogP contribution in [-0.4, -0.2) is 11.6 Å². The molecule has 0 unspecified atom stereocenters. The minimum Gasteiger partial charge on any atom is -0.456 e. The van der Waals surface area contributed by atoms with Gasteiger partial charge in [0.1, 0.15) is 17.2 Å².